The summed E-state index contributed by atoms with van der Waals surface area (Å²) < 4.78 is 5.27. The molecule has 0 bridgehead atoms. The lowest BCUT2D eigenvalue weighted by Crippen LogP contribution is -2.51. The van der Waals surface area contributed by atoms with Gasteiger partial charge in [0.25, 0.3) is 0 Å². The number of morpholine rings is 1. The maximum Gasteiger partial charge on any atom is 0.239 e. The topological polar surface area (TPSA) is 41.6 Å². The number of nitrogens with zero attached hydrogens (tertiary/aromatic N) is 1. The van der Waals surface area contributed by atoms with Crippen LogP contribution in [0.2, 0.25) is 5.02 Å². The van der Waals surface area contributed by atoms with Gasteiger partial charge < -0.3 is 15.0 Å². The van der Waals surface area contributed by atoms with E-state index in [2.05, 4.69) is 12.2 Å². The minimum atomic E-state index is -0.176. The average Bonchev–Trinajstić information content (AvgIpc) is 2.49. The predicted molar refractivity (Wildman–Crippen MR) is 84.6 cm³/mol. The summed E-state index contributed by atoms with van der Waals surface area (Å²) >= 11 is 5.88. The number of halogens is 1. The highest BCUT2D eigenvalue weighted by atomic mass is 35.5. The van der Waals surface area contributed by atoms with E-state index in [1.807, 2.05) is 36.1 Å². The van der Waals surface area contributed by atoms with Crippen molar-refractivity contribution in [3.05, 3.63) is 34.9 Å². The van der Waals surface area contributed by atoms with Crippen LogP contribution in [0.4, 0.5) is 0 Å². The second-order valence-corrected chi connectivity index (χ2v) is 5.99. The fraction of sp³-hybridized carbons (Fsp3) is 0.562. The van der Waals surface area contributed by atoms with Crippen molar-refractivity contribution in [1.82, 2.24) is 10.2 Å². The molecule has 1 saturated heterocycles. The number of hydrogen-bond donors (Lipinski definition) is 1. The maximum absolute atomic E-state index is 12.3. The van der Waals surface area contributed by atoms with Gasteiger partial charge in [0.05, 0.1) is 19.3 Å². The molecule has 1 aromatic rings. The fourth-order valence-corrected chi connectivity index (χ4v) is 2.71. The van der Waals surface area contributed by atoms with Crippen LogP contribution in [-0.4, -0.2) is 49.2 Å². The number of rotatable bonds is 5. The number of nitrogens with one attached hydrogen (secondary N) is 1. The van der Waals surface area contributed by atoms with Crippen LogP contribution in [0, 0.1) is 0 Å². The molecular weight excluding hydrogens is 288 g/mol. The van der Waals surface area contributed by atoms with Gasteiger partial charge in [0.1, 0.15) is 0 Å². The van der Waals surface area contributed by atoms with Crippen molar-refractivity contribution in [3.8, 4) is 0 Å². The molecule has 0 unspecified atom stereocenters. The second kappa shape index (κ2) is 7.78. The quantitative estimate of drug-likeness (QED) is 0.905. The zero-order valence-electron chi connectivity index (χ0n) is 12.6. The van der Waals surface area contributed by atoms with E-state index in [0.29, 0.717) is 26.3 Å². The van der Waals surface area contributed by atoms with Gasteiger partial charge in [-0.1, -0.05) is 23.7 Å². The molecule has 1 aromatic carbocycles. The zero-order valence-corrected chi connectivity index (χ0v) is 13.4. The minimum absolute atomic E-state index is 0.154. The number of carbonyl (C=O) groups is 1. The Bertz CT molecular complexity index is 458. The van der Waals surface area contributed by atoms with Crippen molar-refractivity contribution in [1.29, 1.82) is 0 Å². The smallest absolute Gasteiger partial charge is 0.239 e. The molecule has 21 heavy (non-hydrogen) atoms. The first kappa shape index (κ1) is 16.3. The van der Waals surface area contributed by atoms with E-state index in [4.69, 9.17) is 16.3 Å². The SMILES string of the molecule is C[C@H](Cc1ccc(Cl)cc1)N[C@@H](C)C(=O)N1CCOCC1. The Hall–Kier alpha value is -1.10. The van der Waals surface area contributed by atoms with Gasteiger partial charge in [-0.3, -0.25) is 4.79 Å². The molecule has 1 amide bonds. The Morgan fingerprint density at radius 3 is 2.52 bits per heavy atom. The van der Waals surface area contributed by atoms with Crippen LogP contribution < -0.4 is 5.32 Å². The molecule has 0 aliphatic carbocycles. The van der Waals surface area contributed by atoms with Crippen molar-refractivity contribution in [2.75, 3.05) is 26.3 Å². The first-order valence-electron chi connectivity index (χ1n) is 7.43. The van der Waals surface area contributed by atoms with Crippen LogP contribution in [0.15, 0.2) is 24.3 Å². The maximum atomic E-state index is 12.3. The van der Waals surface area contributed by atoms with Crippen molar-refractivity contribution < 1.29 is 9.53 Å². The molecule has 2 rings (SSSR count). The largest absolute Gasteiger partial charge is 0.378 e. The summed E-state index contributed by atoms with van der Waals surface area (Å²) in [5.41, 5.74) is 1.21. The van der Waals surface area contributed by atoms with E-state index in [0.717, 1.165) is 11.4 Å². The van der Waals surface area contributed by atoms with Crippen LogP contribution in [-0.2, 0) is 16.0 Å². The highest BCUT2D eigenvalue weighted by Gasteiger charge is 2.23. The molecule has 2 atom stereocenters. The van der Waals surface area contributed by atoms with E-state index in [1.165, 1.54) is 5.56 Å². The molecule has 0 saturated carbocycles. The van der Waals surface area contributed by atoms with E-state index >= 15 is 0 Å². The highest BCUT2D eigenvalue weighted by Crippen LogP contribution is 2.11. The zero-order chi connectivity index (χ0) is 15.2. The molecule has 1 N–H and O–H groups in total. The second-order valence-electron chi connectivity index (χ2n) is 5.56. The van der Waals surface area contributed by atoms with Gasteiger partial charge >= 0.3 is 0 Å². The average molecular weight is 311 g/mol. The predicted octanol–water partition coefficient (Wildman–Crippen LogP) is 2.11. The number of amides is 1. The molecule has 1 heterocycles. The molecule has 0 aromatic heterocycles. The van der Waals surface area contributed by atoms with Gasteiger partial charge in [-0.25, -0.2) is 0 Å². The van der Waals surface area contributed by atoms with Gasteiger partial charge in [-0.15, -0.1) is 0 Å². The van der Waals surface area contributed by atoms with E-state index in [9.17, 15) is 4.79 Å². The summed E-state index contributed by atoms with van der Waals surface area (Å²) in [6, 6.07) is 7.89. The third-order valence-corrected chi connectivity index (χ3v) is 3.93. The third kappa shape index (κ3) is 4.99. The Kier molecular flexibility index (Phi) is 6.03. The summed E-state index contributed by atoms with van der Waals surface area (Å²) in [5, 5.41) is 4.12. The minimum Gasteiger partial charge on any atom is -0.378 e. The van der Waals surface area contributed by atoms with Gasteiger partial charge in [0.2, 0.25) is 5.91 Å². The molecule has 1 aliphatic heterocycles. The lowest BCUT2D eigenvalue weighted by Gasteiger charge is -2.30. The van der Waals surface area contributed by atoms with Gasteiger partial charge in [-0.2, -0.15) is 0 Å². The van der Waals surface area contributed by atoms with Crippen molar-refractivity contribution >= 4 is 17.5 Å². The fourth-order valence-electron chi connectivity index (χ4n) is 2.59. The van der Waals surface area contributed by atoms with Crippen LogP contribution in [0.1, 0.15) is 19.4 Å². The molecular formula is C16H23ClN2O2. The van der Waals surface area contributed by atoms with Gasteiger partial charge in [0, 0.05) is 24.2 Å². The summed E-state index contributed by atoms with van der Waals surface area (Å²) in [4.78, 5) is 14.2. The highest BCUT2D eigenvalue weighted by molar-refractivity contribution is 6.30. The summed E-state index contributed by atoms with van der Waals surface area (Å²) in [5.74, 6) is 0.154. The lowest BCUT2D eigenvalue weighted by atomic mass is 10.1. The number of hydrogen-bond acceptors (Lipinski definition) is 3. The Morgan fingerprint density at radius 2 is 1.90 bits per heavy atom. The Balaban J connectivity index is 1.82. The number of carbonyl (C=O) groups excluding carboxylic acids is 1. The number of ether oxygens (including phenoxy) is 1. The van der Waals surface area contributed by atoms with Crippen molar-refractivity contribution in [2.24, 2.45) is 0 Å². The van der Waals surface area contributed by atoms with Crippen LogP contribution in [0.3, 0.4) is 0 Å². The molecule has 116 valence electrons. The van der Waals surface area contributed by atoms with Crippen LogP contribution in [0.25, 0.3) is 0 Å². The molecule has 1 aliphatic rings. The molecule has 0 radical (unpaired) electrons. The lowest BCUT2D eigenvalue weighted by molar-refractivity contribution is -0.137. The van der Waals surface area contributed by atoms with E-state index < -0.39 is 0 Å². The van der Waals surface area contributed by atoms with Gasteiger partial charge in [-0.05, 0) is 38.0 Å². The normalized spacial score (nSPS) is 18.3. The standard InChI is InChI=1S/C16H23ClN2O2/c1-12(11-14-3-5-15(17)6-4-14)18-13(2)16(20)19-7-9-21-10-8-19/h3-6,12-13,18H,7-11H2,1-2H3/t12-,13+/m1/s1. The summed E-state index contributed by atoms with van der Waals surface area (Å²) in [6.07, 6.45) is 0.873. The first-order valence-corrected chi connectivity index (χ1v) is 7.81. The molecule has 4 nitrogen and oxygen atoms in total. The van der Waals surface area contributed by atoms with Crippen molar-refractivity contribution in [2.45, 2.75) is 32.4 Å². The summed E-state index contributed by atoms with van der Waals surface area (Å²) in [7, 11) is 0. The Labute approximate surface area is 131 Å². The molecule has 5 heteroatoms. The molecule has 1 fully saturated rings. The van der Waals surface area contributed by atoms with Crippen LogP contribution in [0.5, 0.6) is 0 Å². The number of benzene rings is 1. The van der Waals surface area contributed by atoms with Crippen molar-refractivity contribution in [3.63, 3.8) is 0 Å². The molecule has 0 spiro atoms. The van der Waals surface area contributed by atoms with Crippen LogP contribution >= 0.6 is 11.6 Å². The third-order valence-electron chi connectivity index (χ3n) is 3.68. The Morgan fingerprint density at radius 1 is 1.29 bits per heavy atom. The monoisotopic (exact) mass is 310 g/mol. The van der Waals surface area contributed by atoms with Gasteiger partial charge in [0.15, 0.2) is 0 Å². The van der Waals surface area contributed by atoms with E-state index in [1.54, 1.807) is 0 Å². The first-order chi connectivity index (χ1) is 10.1. The summed E-state index contributed by atoms with van der Waals surface area (Å²) in [6.45, 7) is 6.68. The van der Waals surface area contributed by atoms with E-state index in [-0.39, 0.29) is 18.0 Å².